The van der Waals surface area contributed by atoms with Crippen molar-refractivity contribution in [3.8, 4) is 6.07 Å². The molecule has 7 heteroatoms. The lowest BCUT2D eigenvalue weighted by Crippen LogP contribution is -2.23. The smallest absolute Gasteiger partial charge is 0.261 e. The van der Waals surface area contributed by atoms with Gasteiger partial charge in [0.2, 0.25) is 0 Å². The fraction of sp³-hybridized carbons (Fsp3) is 0.316. The van der Waals surface area contributed by atoms with Crippen molar-refractivity contribution in [1.82, 2.24) is 14.8 Å². The molecule has 0 aliphatic heterocycles. The fourth-order valence-corrected chi connectivity index (χ4v) is 3.66. The SMILES string of the molecule is N#CC1CCCC[C@@H]1n1nc(Nc2ccc(F)cc2)c2c(=O)[nH]ccc21. The second-order valence-corrected chi connectivity index (χ2v) is 6.58. The Morgan fingerprint density at radius 1 is 1.23 bits per heavy atom. The minimum Gasteiger partial charge on any atom is -0.338 e. The molecule has 1 aromatic carbocycles. The third-order valence-electron chi connectivity index (χ3n) is 4.95. The molecule has 2 atom stereocenters. The van der Waals surface area contributed by atoms with Crippen LogP contribution in [0.5, 0.6) is 0 Å². The molecule has 2 N–H and O–H groups in total. The zero-order chi connectivity index (χ0) is 18.1. The van der Waals surface area contributed by atoms with Crippen molar-refractivity contribution in [2.45, 2.75) is 31.7 Å². The molecule has 0 spiro atoms. The average molecular weight is 351 g/mol. The highest BCUT2D eigenvalue weighted by Crippen LogP contribution is 2.36. The van der Waals surface area contributed by atoms with Crippen LogP contribution in [0.15, 0.2) is 41.3 Å². The number of H-pyrrole nitrogens is 1. The molecule has 1 saturated carbocycles. The summed E-state index contributed by atoms with van der Waals surface area (Å²) in [5.74, 6) is -0.0385. The lowest BCUT2D eigenvalue weighted by Gasteiger charge is -2.27. The van der Waals surface area contributed by atoms with E-state index in [1.807, 2.05) is 10.7 Å². The standard InChI is InChI=1S/C19H18FN5O/c20-13-5-7-14(8-6-13)23-18-17-16(9-10-22-19(17)26)25(24-18)15-4-2-1-3-12(15)11-21/h5-10,12,15H,1-4H2,(H,22,26)(H,23,24)/t12?,15-/m0/s1. The summed E-state index contributed by atoms with van der Waals surface area (Å²) in [7, 11) is 0. The van der Waals surface area contributed by atoms with E-state index >= 15 is 0 Å². The minimum atomic E-state index is -0.331. The van der Waals surface area contributed by atoms with Crippen molar-refractivity contribution in [3.05, 3.63) is 52.7 Å². The number of anilines is 2. The van der Waals surface area contributed by atoms with Crippen LogP contribution in [0.1, 0.15) is 31.7 Å². The highest BCUT2D eigenvalue weighted by molar-refractivity contribution is 5.91. The summed E-state index contributed by atoms with van der Waals surface area (Å²) < 4.78 is 14.9. The van der Waals surface area contributed by atoms with Crippen molar-refractivity contribution < 1.29 is 4.39 Å². The molecule has 0 amide bonds. The largest absolute Gasteiger partial charge is 0.338 e. The van der Waals surface area contributed by atoms with Crippen LogP contribution in [0.2, 0.25) is 0 Å². The number of rotatable bonds is 3. The van der Waals surface area contributed by atoms with Crippen LogP contribution >= 0.6 is 0 Å². The van der Waals surface area contributed by atoms with E-state index in [4.69, 9.17) is 0 Å². The first kappa shape index (κ1) is 16.3. The monoisotopic (exact) mass is 351 g/mol. The van der Waals surface area contributed by atoms with Crippen molar-refractivity contribution in [2.75, 3.05) is 5.32 Å². The lowest BCUT2D eigenvalue weighted by molar-refractivity contribution is 0.277. The van der Waals surface area contributed by atoms with Crippen LogP contribution in [0.25, 0.3) is 10.9 Å². The first-order chi connectivity index (χ1) is 12.7. The Morgan fingerprint density at radius 3 is 2.77 bits per heavy atom. The second-order valence-electron chi connectivity index (χ2n) is 6.58. The Labute approximate surface area is 149 Å². The van der Waals surface area contributed by atoms with E-state index in [0.29, 0.717) is 22.4 Å². The average Bonchev–Trinajstić information content (AvgIpc) is 3.03. The zero-order valence-corrected chi connectivity index (χ0v) is 14.1. The Bertz CT molecular complexity index is 1030. The van der Waals surface area contributed by atoms with Gasteiger partial charge in [0.15, 0.2) is 5.82 Å². The summed E-state index contributed by atoms with van der Waals surface area (Å²) in [5.41, 5.74) is 1.09. The van der Waals surface area contributed by atoms with Gasteiger partial charge in [0.1, 0.15) is 11.2 Å². The number of fused-ring (bicyclic) bond motifs is 1. The number of benzene rings is 1. The van der Waals surface area contributed by atoms with E-state index in [1.54, 1.807) is 18.3 Å². The van der Waals surface area contributed by atoms with E-state index in [9.17, 15) is 14.4 Å². The van der Waals surface area contributed by atoms with Gasteiger partial charge < -0.3 is 10.3 Å². The van der Waals surface area contributed by atoms with Crippen molar-refractivity contribution >= 4 is 22.4 Å². The number of nitrogens with one attached hydrogen (secondary N) is 2. The second kappa shape index (κ2) is 6.64. The van der Waals surface area contributed by atoms with Gasteiger partial charge in [-0.1, -0.05) is 12.8 Å². The molecule has 26 heavy (non-hydrogen) atoms. The zero-order valence-electron chi connectivity index (χ0n) is 14.1. The van der Waals surface area contributed by atoms with Crippen molar-refractivity contribution in [1.29, 1.82) is 5.26 Å². The molecule has 6 nitrogen and oxygen atoms in total. The maximum absolute atomic E-state index is 13.1. The molecule has 2 aromatic heterocycles. The van der Waals surface area contributed by atoms with Crippen LogP contribution in [-0.2, 0) is 0 Å². The molecular formula is C19H18FN5O. The predicted molar refractivity (Wildman–Crippen MR) is 96.6 cm³/mol. The summed E-state index contributed by atoms with van der Waals surface area (Å²) in [4.78, 5) is 15.1. The molecule has 1 aliphatic carbocycles. The van der Waals surface area contributed by atoms with Crippen LogP contribution in [0.4, 0.5) is 15.9 Å². The predicted octanol–water partition coefficient (Wildman–Crippen LogP) is 3.86. The Kier molecular flexibility index (Phi) is 4.17. The molecule has 0 saturated heterocycles. The highest BCUT2D eigenvalue weighted by atomic mass is 19.1. The summed E-state index contributed by atoms with van der Waals surface area (Å²) >= 11 is 0. The van der Waals surface area contributed by atoms with Gasteiger partial charge in [-0.2, -0.15) is 10.4 Å². The normalized spacial score (nSPS) is 20.0. The van der Waals surface area contributed by atoms with E-state index in [0.717, 1.165) is 25.7 Å². The summed E-state index contributed by atoms with van der Waals surface area (Å²) in [6.45, 7) is 0. The van der Waals surface area contributed by atoms with Crippen LogP contribution in [0, 0.1) is 23.1 Å². The van der Waals surface area contributed by atoms with E-state index < -0.39 is 0 Å². The number of aromatic amines is 1. The molecule has 1 fully saturated rings. The van der Waals surface area contributed by atoms with Gasteiger partial charge in [-0.05, 0) is 43.2 Å². The van der Waals surface area contributed by atoms with E-state index in [1.165, 1.54) is 12.1 Å². The Morgan fingerprint density at radius 2 is 2.00 bits per heavy atom. The van der Waals surface area contributed by atoms with Crippen LogP contribution < -0.4 is 10.9 Å². The fourth-order valence-electron chi connectivity index (χ4n) is 3.66. The van der Waals surface area contributed by atoms with Gasteiger partial charge in [-0.25, -0.2) is 4.39 Å². The molecule has 2 heterocycles. The van der Waals surface area contributed by atoms with E-state index in [2.05, 4.69) is 21.5 Å². The molecule has 1 unspecified atom stereocenters. The number of pyridine rings is 1. The number of nitrogens with zero attached hydrogens (tertiary/aromatic N) is 3. The van der Waals surface area contributed by atoms with E-state index in [-0.39, 0.29) is 23.3 Å². The highest BCUT2D eigenvalue weighted by Gasteiger charge is 2.29. The maximum Gasteiger partial charge on any atom is 0.261 e. The maximum atomic E-state index is 13.1. The van der Waals surface area contributed by atoms with Gasteiger partial charge in [-0.15, -0.1) is 0 Å². The Balaban J connectivity index is 1.82. The van der Waals surface area contributed by atoms with Gasteiger partial charge in [0.25, 0.3) is 5.56 Å². The number of nitriles is 1. The first-order valence-electron chi connectivity index (χ1n) is 8.69. The molecular weight excluding hydrogens is 333 g/mol. The quantitative estimate of drug-likeness (QED) is 0.750. The van der Waals surface area contributed by atoms with Gasteiger partial charge in [0.05, 0.1) is 23.5 Å². The number of aromatic nitrogens is 3. The minimum absolute atomic E-state index is 0.0539. The van der Waals surface area contributed by atoms with Gasteiger partial charge in [-0.3, -0.25) is 9.48 Å². The van der Waals surface area contributed by atoms with Crippen LogP contribution in [-0.4, -0.2) is 14.8 Å². The van der Waals surface area contributed by atoms with Gasteiger partial charge in [0, 0.05) is 11.9 Å². The summed E-state index contributed by atoms with van der Waals surface area (Å²) in [5, 5.41) is 17.7. The van der Waals surface area contributed by atoms with Crippen molar-refractivity contribution in [3.63, 3.8) is 0 Å². The third kappa shape index (κ3) is 2.84. The molecule has 1 aliphatic rings. The Hall–Kier alpha value is -3.14. The molecule has 132 valence electrons. The number of hydrogen-bond donors (Lipinski definition) is 2. The van der Waals surface area contributed by atoms with Crippen LogP contribution in [0.3, 0.4) is 0 Å². The number of halogens is 1. The third-order valence-corrected chi connectivity index (χ3v) is 4.95. The lowest BCUT2D eigenvalue weighted by atomic mass is 9.85. The molecule has 0 bridgehead atoms. The van der Waals surface area contributed by atoms with Gasteiger partial charge >= 0.3 is 0 Å². The molecule has 3 aromatic rings. The summed E-state index contributed by atoms with van der Waals surface area (Å²) in [6.07, 6.45) is 5.36. The summed E-state index contributed by atoms with van der Waals surface area (Å²) in [6, 6.07) is 10.0. The first-order valence-corrected chi connectivity index (χ1v) is 8.69. The van der Waals surface area contributed by atoms with Crippen molar-refractivity contribution in [2.24, 2.45) is 5.92 Å². The molecule has 0 radical (unpaired) electrons. The number of hydrogen-bond acceptors (Lipinski definition) is 4. The molecule has 4 rings (SSSR count). The topological polar surface area (TPSA) is 86.5 Å².